The Morgan fingerprint density at radius 1 is 1.38 bits per heavy atom. The zero-order valence-corrected chi connectivity index (χ0v) is 5.53. The molecule has 0 aliphatic carbocycles. The Balaban J connectivity index is 0. The molecule has 0 aliphatic rings. The van der Waals surface area contributed by atoms with Gasteiger partial charge in [0.15, 0.2) is 0 Å². The summed E-state index contributed by atoms with van der Waals surface area (Å²) >= 11 is 2.81. The molecule has 0 saturated heterocycles. The molecule has 7 heteroatoms. The first-order valence-corrected chi connectivity index (χ1v) is 3.43. The Labute approximate surface area is 53.8 Å². The summed E-state index contributed by atoms with van der Waals surface area (Å²) in [6, 6.07) is 0. The molecule has 0 saturated carbocycles. The molecule has 0 bridgehead atoms. The first-order valence-electron chi connectivity index (χ1n) is 1.22. The number of hydrogen-bond donors (Lipinski definition) is 3. The zero-order valence-electron chi connectivity index (χ0n) is 3.54. The molecule has 51 valence electrons. The van der Waals surface area contributed by atoms with Gasteiger partial charge in [-0.3, -0.25) is 0 Å². The van der Waals surface area contributed by atoms with Crippen LogP contribution in [0.5, 0.6) is 0 Å². The third-order valence-corrected chi connectivity index (χ3v) is 0. The van der Waals surface area contributed by atoms with Crippen molar-refractivity contribution < 1.29 is 40.1 Å². The zero-order chi connectivity index (χ0) is 7.21. The van der Waals surface area contributed by atoms with Gasteiger partial charge in [0.25, 0.3) is 0 Å². The fraction of sp³-hybridized carbons (Fsp3) is 0. The Bertz CT molecular complexity index is 86.3. The molecule has 0 unspecified atom stereocenters. The van der Waals surface area contributed by atoms with Gasteiger partial charge in [0.05, 0.1) is 0 Å². The molecule has 0 radical (unpaired) electrons. The van der Waals surface area contributed by atoms with Crippen LogP contribution in [0, 0.1) is 0 Å². The van der Waals surface area contributed by atoms with Crippen molar-refractivity contribution in [3.8, 4) is 0 Å². The van der Waals surface area contributed by atoms with Gasteiger partial charge in [0.1, 0.15) is 0 Å². The van der Waals surface area contributed by atoms with Gasteiger partial charge < -0.3 is 14.7 Å². The van der Waals surface area contributed by atoms with Gasteiger partial charge in [0.2, 0.25) is 0 Å². The van der Waals surface area contributed by atoms with Crippen molar-refractivity contribution >= 4 is 13.0 Å². The SMILES string of the molecule is O=P(O)(O)O.O=[CH][Fe]. The first-order chi connectivity index (χ1) is 3.41. The van der Waals surface area contributed by atoms with Crippen molar-refractivity contribution in [1.29, 1.82) is 0 Å². The minimum absolute atomic E-state index is 0.500. The van der Waals surface area contributed by atoms with Gasteiger partial charge in [-0.2, -0.15) is 0 Å². The summed E-state index contributed by atoms with van der Waals surface area (Å²) in [4.78, 5) is 30.3. The van der Waals surface area contributed by atoms with E-state index in [-0.39, 0.29) is 0 Å². The van der Waals surface area contributed by atoms with E-state index in [2.05, 4.69) is 16.0 Å². The van der Waals surface area contributed by atoms with Crippen LogP contribution in [0.2, 0.25) is 0 Å². The van der Waals surface area contributed by atoms with Crippen molar-refractivity contribution in [3.05, 3.63) is 0 Å². The second kappa shape index (κ2) is 5.44. The van der Waals surface area contributed by atoms with E-state index in [9.17, 15) is 0 Å². The Kier molecular flexibility index (Phi) is 7.57. The summed E-state index contributed by atoms with van der Waals surface area (Å²) in [5.74, 6) is 0. The molecule has 0 aromatic rings. The molecule has 0 aromatic carbocycles. The molecule has 0 spiro atoms. The first kappa shape index (κ1) is 11.1. The quantitative estimate of drug-likeness (QED) is 0.249. The van der Waals surface area contributed by atoms with Crippen LogP contribution in [0.15, 0.2) is 0 Å². The van der Waals surface area contributed by atoms with Crippen LogP contribution in [0.3, 0.4) is 0 Å². The Hall–Kier alpha value is 0.299. The molecule has 8 heavy (non-hydrogen) atoms. The molecule has 0 fully saturated rings. The molecule has 3 N–H and O–H groups in total. The second-order valence-corrected chi connectivity index (χ2v) is 1.88. The Morgan fingerprint density at radius 3 is 1.38 bits per heavy atom. The third-order valence-electron chi connectivity index (χ3n) is 0. The summed E-state index contributed by atoms with van der Waals surface area (Å²) in [7, 11) is -4.64. The van der Waals surface area contributed by atoms with E-state index >= 15 is 0 Å². The van der Waals surface area contributed by atoms with E-state index in [0.29, 0.717) is 5.18 Å². The van der Waals surface area contributed by atoms with E-state index < -0.39 is 7.82 Å². The number of phosphoric acid groups is 1. The standard InChI is InChI=1S/CHO.Fe.H3O4P/c1-2;;1-5(2,3)4/h1H;;(H3,1,2,3,4). The molecule has 5 nitrogen and oxygen atoms in total. The van der Waals surface area contributed by atoms with E-state index in [4.69, 9.17) is 24.0 Å². The van der Waals surface area contributed by atoms with Gasteiger partial charge >= 0.3 is 33.8 Å². The van der Waals surface area contributed by atoms with Crippen LogP contribution in [-0.4, -0.2) is 19.9 Å². The van der Waals surface area contributed by atoms with Crippen LogP contribution >= 0.6 is 7.82 Å². The van der Waals surface area contributed by atoms with Crippen molar-refractivity contribution in [2.75, 3.05) is 0 Å². The van der Waals surface area contributed by atoms with Crippen molar-refractivity contribution in [1.82, 2.24) is 0 Å². The maximum absolute atomic E-state index is 8.88. The summed E-state index contributed by atoms with van der Waals surface area (Å²) in [5, 5.41) is 0.500. The van der Waals surface area contributed by atoms with E-state index in [1.165, 1.54) is 0 Å². The van der Waals surface area contributed by atoms with Gasteiger partial charge in [-0.05, 0) is 0 Å². The molecule has 0 rings (SSSR count). The number of carbonyl (C=O) groups is 1. The van der Waals surface area contributed by atoms with Gasteiger partial charge in [0, 0.05) is 0 Å². The predicted octanol–water partition coefficient (Wildman–Crippen LogP) is -1.21. The molecular formula is CH4FeO5P. The third kappa shape index (κ3) is 1970. The normalized spacial score (nSPS) is 9.00. The molecule has 0 atom stereocenters. The average Bonchev–Trinajstić information content (AvgIpc) is 1.27. The van der Waals surface area contributed by atoms with Crippen LogP contribution in [0.1, 0.15) is 0 Å². The van der Waals surface area contributed by atoms with Crippen LogP contribution in [-0.2, 0) is 25.4 Å². The molecule has 0 heterocycles. The fourth-order valence-corrected chi connectivity index (χ4v) is 0. The number of hydrogen-bond acceptors (Lipinski definition) is 2. The number of carbonyl (C=O) groups excluding carboxylic acids is 1. The van der Waals surface area contributed by atoms with Gasteiger partial charge in [-0.1, -0.05) is 0 Å². The molecule has 0 amide bonds. The minimum atomic E-state index is -4.64. The fourth-order valence-electron chi connectivity index (χ4n) is 0. The van der Waals surface area contributed by atoms with E-state index in [0.717, 1.165) is 0 Å². The van der Waals surface area contributed by atoms with Crippen molar-refractivity contribution in [2.24, 2.45) is 0 Å². The topological polar surface area (TPSA) is 94.8 Å². The van der Waals surface area contributed by atoms with Gasteiger partial charge in [-0.25, -0.2) is 4.57 Å². The summed E-state index contributed by atoms with van der Waals surface area (Å²) in [5.41, 5.74) is 0. The van der Waals surface area contributed by atoms with E-state index in [1.54, 1.807) is 0 Å². The molecular weight excluding hydrogens is 179 g/mol. The summed E-state index contributed by atoms with van der Waals surface area (Å²) in [6.45, 7) is 0. The van der Waals surface area contributed by atoms with Crippen LogP contribution in [0.4, 0.5) is 0 Å². The summed E-state index contributed by atoms with van der Waals surface area (Å²) in [6.07, 6.45) is 0. The molecule has 0 aliphatic heterocycles. The molecule has 0 aromatic heterocycles. The van der Waals surface area contributed by atoms with Crippen molar-refractivity contribution in [2.45, 2.75) is 0 Å². The van der Waals surface area contributed by atoms with Crippen molar-refractivity contribution in [3.63, 3.8) is 0 Å². The van der Waals surface area contributed by atoms with E-state index in [1.807, 2.05) is 0 Å². The average molecular weight is 183 g/mol. The summed E-state index contributed by atoms with van der Waals surface area (Å²) < 4.78 is 8.88. The van der Waals surface area contributed by atoms with Gasteiger partial charge in [-0.15, -0.1) is 0 Å². The maximum atomic E-state index is 8.88. The number of rotatable bonds is 0. The predicted molar refractivity (Wildman–Crippen MR) is 21.0 cm³/mol. The second-order valence-electron chi connectivity index (χ2n) is 0.597. The monoisotopic (exact) mass is 183 g/mol. The van der Waals surface area contributed by atoms with Crippen LogP contribution in [0.25, 0.3) is 0 Å². The Morgan fingerprint density at radius 2 is 1.38 bits per heavy atom. The van der Waals surface area contributed by atoms with Crippen LogP contribution < -0.4 is 0 Å².